The van der Waals surface area contributed by atoms with Crippen molar-refractivity contribution in [1.82, 2.24) is 0 Å². The average Bonchev–Trinajstić information content (AvgIpc) is 2.54. The lowest BCUT2D eigenvalue weighted by Crippen LogP contribution is -2.12. The molecule has 0 heterocycles. The predicted octanol–water partition coefficient (Wildman–Crippen LogP) is 4.54. The molecule has 0 atom stereocenters. The molecule has 0 bridgehead atoms. The minimum Gasteiger partial charge on any atom is -0.478 e. The minimum atomic E-state index is -1.11. The molecular weight excluding hydrogens is 280 g/mol. The van der Waals surface area contributed by atoms with Gasteiger partial charge in [0.25, 0.3) is 0 Å². The number of esters is 1. The number of carbonyl (C=O) groups excluding carboxylic acids is 1. The first-order valence-corrected chi connectivity index (χ1v) is 8.09. The molecule has 1 rings (SSSR count). The molecule has 1 aromatic rings. The van der Waals surface area contributed by atoms with Gasteiger partial charge in [-0.05, 0) is 24.5 Å². The Balaban J connectivity index is 2.31. The second kappa shape index (κ2) is 9.98. The van der Waals surface area contributed by atoms with Crippen molar-refractivity contribution in [3.8, 4) is 0 Å². The molecule has 122 valence electrons. The van der Waals surface area contributed by atoms with Gasteiger partial charge in [0.15, 0.2) is 0 Å². The van der Waals surface area contributed by atoms with Gasteiger partial charge in [-0.3, -0.25) is 0 Å². The zero-order valence-electron chi connectivity index (χ0n) is 13.5. The SMILES string of the molecule is CCC(CC)CCCCCOC(=O)c1ccccc1C(=O)O. The third-order valence-corrected chi connectivity index (χ3v) is 4.02. The van der Waals surface area contributed by atoms with E-state index in [9.17, 15) is 9.59 Å². The molecule has 1 aromatic carbocycles. The van der Waals surface area contributed by atoms with Crippen molar-refractivity contribution in [3.63, 3.8) is 0 Å². The molecule has 0 aliphatic rings. The first-order valence-electron chi connectivity index (χ1n) is 8.09. The number of rotatable bonds is 10. The van der Waals surface area contributed by atoms with Crippen LogP contribution in [0.1, 0.15) is 73.1 Å². The quantitative estimate of drug-likeness (QED) is 0.509. The van der Waals surface area contributed by atoms with Crippen molar-refractivity contribution in [2.24, 2.45) is 5.92 Å². The minimum absolute atomic E-state index is 0.0127. The van der Waals surface area contributed by atoms with E-state index in [0.717, 1.165) is 25.2 Å². The van der Waals surface area contributed by atoms with Gasteiger partial charge in [0.2, 0.25) is 0 Å². The Morgan fingerprint density at radius 3 is 2.27 bits per heavy atom. The maximum atomic E-state index is 11.9. The molecule has 0 aliphatic carbocycles. The molecule has 0 amide bonds. The molecule has 22 heavy (non-hydrogen) atoms. The van der Waals surface area contributed by atoms with Gasteiger partial charge < -0.3 is 9.84 Å². The summed E-state index contributed by atoms with van der Waals surface area (Å²) in [7, 11) is 0. The van der Waals surface area contributed by atoms with Crippen molar-refractivity contribution < 1.29 is 19.4 Å². The largest absolute Gasteiger partial charge is 0.478 e. The van der Waals surface area contributed by atoms with Crippen molar-refractivity contribution in [1.29, 1.82) is 0 Å². The van der Waals surface area contributed by atoms with Crippen LogP contribution in [0.3, 0.4) is 0 Å². The van der Waals surface area contributed by atoms with Crippen LogP contribution in [0.25, 0.3) is 0 Å². The van der Waals surface area contributed by atoms with Gasteiger partial charge >= 0.3 is 11.9 Å². The van der Waals surface area contributed by atoms with Crippen LogP contribution >= 0.6 is 0 Å². The summed E-state index contributed by atoms with van der Waals surface area (Å²) in [5.74, 6) is -0.874. The van der Waals surface area contributed by atoms with Gasteiger partial charge in [-0.15, -0.1) is 0 Å². The number of hydrogen-bond donors (Lipinski definition) is 1. The van der Waals surface area contributed by atoms with E-state index in [1.165, 1.54) is 31.4 Å². The van der Waals surface area contributed by atoms with Crippen LogP contribution in [-0.4, -0.2) is 23.7 Å². The zero-order chi connectivity index (χ0) is 16.4. The summed E-state index contributed by atoms with van der Waals surface area (Å²) in [5.41, 5.74) is 0.105. The number of unbranched alkanes of at least 4 members (excludes halogenated alkanes) is 2. The van der Waals surface area contributed by atoms with Crippen molar-refractivity contribution in [3.05, 3.63) is 35.4 Å². The lowest BCUT2D eigenvalue weighted by Gasteiger charge is -2.11. The van der Waals surface area contributed by atoms with Crippen LogP contribution < -0.4 is 0 Å². The van der Waals surface area contributed by atoms with Crippen molar-refractivity contribution in [2.45, 2.75) is 52.4 Å². The molecule has 0 saturated heterocycles. The number of carboxylic acid groups (broad SMARTS) is 1. The Labute approximate surface area is 132 Å². The Morgan fingerprint density at radius 1 is 1.05 bits per heavy atom. The second-order valence-electron chi connectivity index (χ2n) is 5.52. The second-order valence-corrected chi connectivity index (χ2v) is 5.52. The van der Waals surface area contributed by atoms with E-state index in [4.69, 9.17) is 9.84 Å². The van der Waals surface area contributed by atoms with Gasteiger partial charge in [-0.25, -0.2) is 9.59 Å². The highest BCUT2D eigenvalue weighted by molar-refractivity contribution is 6.02. The normalized spacial score (nSPS) is 10.7. The molecule has 0 saturated carbocycles. The van der Waals surface area contributed by atoms with E-state index in [0.29, 0.717) is 6.61 Å². The molecule has 0 spiro atoms. The lowest BCUT2D eigenvalue weighted by molar-refractivity contribution is 0.0487. The standard InChI is InChI=1S/C18H26O4/c1-3-14(4-2)10-6-5-9-13-22-18(21)16-12-8-7-11-15(16)17(19)20/h7-8,11-12,14H,3-6,9-10,13H2,1-2H3,(H,19,20). The van der Waals surface area contributed by atoms with Crippen LogP contribution in [-0.2, 0) is 4.74 Å². The fourth-order valence-corrected chi connectivity index (χ4v) is 2.50. The highest BCUT2D eigenvalue weighted by Crippen LogP contribution is 2.17. The Bertz CT molecular complexity index is 478. The number of carboxylic acids is 1. The van der Waals surface area contributed by atoms with Crippen molar-refractivity contribution in [2.75, 3.05) is 6.61 Å². The molecule has 4 nitrogen and oxygen atoms in total. The third-order valence-electron chi connectivity index (χ3n) is 4.02. The molecular formula is C18H26O4. The highest BCUT2D eigenvalue weighted by atomic mass is 16.5. The summed E-state index contributed by atoms with van der Waals surface area (Å²) in [6.45, 7) is 4.78. The number of carbonyl (C=O) groups is 2. The molecule has 0 unspecified atom stereocenters. The Morgan fingerprint density at radius 2 is 1.68 bits per heavy atom. The van der Waals surface area contributed by atoms with Gasteiger partial charge in [0, 0.05) is 0 Å². The topological polar surface area (TPSA) is 63.6 Å². The first kappa shape index (κ1) is 18.2. The third kappa shape index (κ3) is 5.88. The highest BCUT2D eigenvalue weighted by Gasteiger charge is 2.16. The molecule has 0 aromatic heterocycles. The van der Waals surface area contributed by atoms with Crippen LogP contribution in [0.2, 0.25) is 0 Å². The fraction of sp³-hybridized carbons (Fsp3) is 0.556. The van der Waals surface area contributed by atoms with Crippen LogP contribution in [0.15, 0.2) is 24.3 Å². The predicted molar refractivity (Wildman–Crippen MR) is 86.2 cm³/mol. The number of ether oxygens (including phenoxy) is 1. The summed E-state index contributed by atoms with van der Waals surface area (Å²) in [5, 5.41) is 9.05. The van der Waals surface area contributed by atoms with E-state index < -0.39 is 11.9 Å². The summed E-state index contributed by atoms with van der Waals surface area (Å²) in [6.07, 6.45) is 6.67. The molecule has 0 fully saturated rings. The van der Waals surface area contributed by atoms with Gasteiger partial charge in [-0.2, -0.15) is 0 Å². The summed E-state index contributed by atoms with van der Waals surface area (Å²) >= 11 is 0. The van der Waals surface area contributed by atoms with Gasteiger partial charge in [0.05, 0.1) is 17.7 Å². The molecule has 4 heteroatoms. The Kier molecular flexibility index (Phi) is 8.26. The fourth-order valence-electron chi connectivity index (χ4n) is 2.50. The maximum Gasteiger partial charge on any atom is 0.339 e. The van der Waals surface area contributed by atoms with E-state index in [-0.39, 0.29) is 11.1 Å². The average molecular weight is 306 g/mol. The summed E-state index contributed by atoms with van der Waals surface area (Å²) < 4.78 is 5.18. The van der Waals surface area contributed by atoms with Crippen molar-refractivity contribution >= 4 is 11.9 Å². The van der Waals surface area contributed by atoms with Crippen LogP contribution in [0.4, 0.5) is 0 Å². The molecule has 0 aliphatic heterocycles. The number of aromatic carboxylic acids is 1. The van der Waals surface area contributed by atoms with E-state index >= 15 is 0 Å². The number of benzene rings is 1. The lowest BCUT2D eigenvalue weighted by atomic mass is 9.96. The summed E-state index contributed by atoms with van der Waals surface area (Å²) in [4.78, 5) is 23.0. The number of hydrogen-bond acceptors (Lipinski definition) is 3. The first-order chi connectivity index (χ1) is 10.6. The van der Waals surface area contributed by atoms with Crippen LogP contribution in [0, 0.1) is 5.92 Å². The summed E-state index contributed by atoms with van der Waals surface area (Å²) in [6, 6.07) is 6.13. The Hall–Kier alpha value is -1.84. The van der Waals surface area contributed by atoms with Gasteiger partial charge in [-0.1, -0.05) is 58.1 Å². The van der Waals surface area contributed by atoms with Gasteiger partial charge in [0.1, 0.15) is 0 Å². The smallest absolute Gasteiger partial charge is 0.339 e. The monoisotopic (exact) mass is 306 g/mol. The molecule has 0 radical (unpaired) electrons. The van der Waals surface area contributed by atoms with E-state index in [2.05, 4.69) is 13.8 Å². The van der Waals surface area contributed by atoms with E-state index in [1.54, 1.807) is 12.1 Å². The zero-order valence-corrected chi connectivity index (χ0v) is 13.5. The molecule has 1 N–H and O–H groups in total. The van der Waals surface area contributed by atoms with E-state index in [1.807, 2.05) is 0 Å². The van der Waals surface area contributed by atoms with Crippen LogP contribution in [0.5, 0.6) is 0 Å². The maximum absolute atomic E-state index is 11.9.